The smallest absolute Gasteiger partial charge is 0.343 e. The molecule has 0 aliphatic carbocycles. The van der Waals surface area contributed by atoms with Gasteiger partial charge in [-0.1, -0.05) is 97.1 Å². The summed E-state index contributed by atoms with van der Waals surface area (Å²) >= 11 is 0. The molecule has 0 radical (unpaired) electrons. The summed E-state index contributed by atoms with van der Waals surface area (Å²) in [5.41, 5.74) is 3.58. The molecule has 7 heteroatoms. The van der Waals surface area contributed by atoms with Crippen molar-refractivity contribution in [3.8, 4) is 0 Å². The van der Waals surface area contributed by atoms with E-state index >= 15 is 0 Å². The summed E-state index contributed by atoms with van der Waals surface area (Å²) in [7, 11) is 1.80. The van der Waals surface area contributed by atoms with E-state index in [4.69, 9.17) is 9.73 Å². The molecule has 0 bridgehead atoms. The molecule has 212 valence electrons. The molecule has 0 saturated carbocycles. The van der Waals surface area contributed by atoms with E-state index in [1.165, 1.54) is 6.20 Å². The summed E-state index contributed by atoms with van der Waals surface area (Å²) in [6.45, 7) is 1.91. The van der Waals surface area contributed by atoms with Crippen molar-refractivity contribution in [2.45, 2.75) is 12.5 Å². The van der Waals surface area contributed by atoms with Gasteiger partial charge in [0.2, 0.25) is 11.4 Å². The Morgan fingerprint density at radius 1 is 0.884 bits per heavy atom. The number of imidazole rings is 1. The molecule has 2 aromatic heterocycles. The number of aliphatic imine (C=N–C) groups is 1. The van der Waals surface area contributed by atoms with Crippen LogP contribution in [0.15, 0.2) is 138 Å². The molecule has 6 rings (SSSR count). The van der Waals surface area contributed by atoms with Crippen LogP contribution in [0.25, 0.3) is 10.9 Å². The molecular formula is C36H30N4O3. The number of carbonyl (C=O) groups is 1. The minimum absolute atomic E-state index is 0.0133. The monoisotopic (exact) mass is 566 g/mol. The first kappa shape index (κ1) is 27.6. The number of esters is 1. The Balaban J connectivity index is 1.49. The van der Waals surface area contributed by atoms with E-state index in [1.54, 1.807) is 37.0 Å². The lowest BCUT2D eigenvalue weighted by Crippen LogP contribution is -2.37. The van der Waals surface area contributed by atoms with Gasteiger partial charge in [-0.05, 0) is 41.3 Å². The predicted octanol–water partition coefficient (Wildman–Crippen LogP) is 6.50. The topological polar surface area (TPSA) is 78.5 Å². The lowest BCUT2D eigenvalue weighted by atomic mass is 9.76. The summed E-state index contributed by atoms with van der Waals surface area (Å²) in [6.07, 6.45) is 6.98. The van der Waals surface area contributed by atoms with Gasteiger partial charge in [-0.25, -0.2) is 14.8 Å². The highest BCUT2D eigenvalue weighted by Crippen LogP contribution is 2.42. The molecule has 0 amide bonds. The van der Waals surface area contributed by atoms with Gasteiger partial charge in [-0.2, -0.15) is 0 Å². The Morgan fingerprint density at radius 3 is 2.02 bits per heavy atom. The van der Waals surface area contributed by atoms with Crippen molar-refractivity contribution in [1.29, 1.82) is 0 Å². The first-order valence-electron chi connectivity index (χ1n) is 14.1. The molecule has 0 atom stereocenters. The van der Waals surface area contributed by atoms with Crippen LogP contribution in [0.2, 0.25) is 0 Å². The number of hydrogen-bond acceptors (Lipinski definition) is 5. The number of aryl methyl sites for hydroxylation is 1. The second-order valence-corrected chi connectivity index (χ2v) is 10.1. The Kier molecular flexibility index (Phi) is 7.54. The molecule has 6 aromatic rings. The minimum Gasteiger partial charge on any atom is -0.462 e. The first-order chi connectivity index (χ1) is 21.0. The van der Waals surface area contributed by atoms with Gasteiger partial charge < -0.3 is 9.30 Å². The van der Waals surface area contributed by atoms with Crippen LogP contribution in [0.3, 0.4) is 0 Å². The van der Waals surface area contributed by atoms with E-state index in [2.05, 4.69) is 45.9 Å². The number of nitrogens with zero attached hydrogens (tertiary/aromatic N) is 4. The average molecular weight is 567 g/mol. The van der Waals surface area contributed by atoms with Crippen molar-refractivity contribution in [3.63, 3.8) is 0 Å². The van der Waals surface area contributed by atoms with Crippen molar-refractivity contribution in [2.75, 3.05) is 6.61 Å². The van der Waals surface area contributed by atoms with Gasteiger partial charge in [0.25, 0.3) is 0 Å². The molecule has 0 spiro atoms. The van der Waals surface area contributed by atoms with E-state index < -0.39 is 11.5 Å². The van der Waals surface area contributed by atoms with E-state index in [1.807, 2.05) is 72.9 Å². The van der Waals surface area contributed by atoms with Gasteiger partial charge in [0.1, 0.15) is 11.1 Å². The fourth-order valence-electron chi connectivity index (χ4n) is 5.67. The minimum atomic E-state index is -0.746. The van der Waals surface area contributed by atoms with Gasteiger partial charge in [0, 0.05) is 37.2 Å². The Bertz CT molecular complexity index is 1880. The summed E-state index contributed by atoms with van der Waals surface area (Å²) in [5.74, 6) is -0.107. The lowest BCUT2D eigenvalue weighted by Gasteiger charge is -2.37. The molecule has 4 aromatic carbocycles. The largest absolute Gasteiger partial charge is 0.462 e. The summed E-state index contributed by atoms with van der Waals surface area (Å²) < 4.78 is 8.93. The summed E-state index contributed by atoms with van der Waals surface area (Å²) in [4.78, 5) is 34.9. The first-order valence-corrected chi connectivity index (χ1v) is 14.1. The normalized spacial score (nSPS) is 11.7. The van der Waals surface area contributed by atoms with E-state index in [0.717, 1.165) is 22.3 Å². The van der Waals surface area contributed by atoms with E-state index in [0.29, 0.717) is 16.9 Å². The second-order valence-electron chi connectivity index (χ2n) is 10.1. The standard InChI is InChI=1S/C36H30N4O3/c1-3-43-34(42)31-25-39(2)32-23-26(19-20-30(32)33(31)41)24-38-35-37-21-22-40(35)36(27-13-7-4-8-14-27,28-15-9-5-10-16-28)29-17-11-6-12-18-29/h4-25H,3H2,1-2H3. The van der Waals surface area contributed by atoms with Crippen molar-refractivity contribution in [3.05, 3.63) is 166 Å². The number of rotatable bonds is 8. The molecule has 0 fully saturated rings. The quantitative estimate of drug-likeness (QED) is 0.120. The molecular weight excluding hydrogens is 536 g/mol. The third-order valence-electron chi connectivity index (χ3n) is 7.60. The second kappa shape index (κ2) is 11.7. The van der Waals surface area contributed by atoms with Crippen LogP contribution in [0, 0.1) is 0 Å². The van der Waals surface area contributed by atoms with Crippen LogP contribution < -0.4 is 5.43 Å². The summed E-state index contributed by atoms with van der Waals surface area (Å²) in [5, 5.41) is 0.433. The predicted molar refractivity (Wildman–Crippen MR) is 169 cm³/mol. The Morgan fingerprint density at radius 2 is 1.47 bits per heavy atom. The third kappa shape index (κ3) is 4.95. The molecule has 2 heterocycles. The number of carbonyl (C=O) groups excluding carboxylic acids is 1. The van der Waals surface area contributed by atoms with Crippen molar-refractivity contribution in [2.24, 2.45) is 12.0 Å². The highest BCUT2D eigenvalue weighted by atomic mass is 16.5. The molecule has 0 saturated heterocycles. The maximum Gasteiger partial charge on any atom is 0.343 e. The Hall–Kier alpha value is -5.56. The zero-order valence-electron chi connectivity index (χ0n) is 23.9. The molecule has 7 nitrogen and oxygen atoms in total. The lowest BCUT2D eigenvalue weighted by molar-refractivity contribution is 0.0524. The van der Waals surface area contributed by atoms with Crippen molar-refractivity contribution in [1.82, 2.24) is 14.1 Å². The zero-order valence-corrected chi connectivity index (χ0v) is 23.9. The number of ether oxygens (including phenoxy) is 1. The van der Waals surface area contributed by atoms with Crippen molar-refractivity contribution < 1.29 is 9.53 Å². The van der Waals surface area contributed by atoms with Crippen LogP contribution in [0.1, 0.15) is 39.5 Å². The molecule has 43 heavy (non-hydrogen) atoms. The molecule has 0 aliphatic heterocycles. The number of aromatic nitrogens is 3. The number of hydrogen-bond donors (Lipinski definition) is 0. The van der Waals surface area contributed by atoms with Crippen LogP contribution in [-0.2, 0) is 17.3 Å². The van der Waals surface area contributed by atoms with Gasteiger partial charge in [0.05, 0.1) is 12.1 Å². The Labute approximate surface area is 249 Å². The maximum atomic E-state index is 13.1. The van der Waals surface area contributed by atoms with Crippen LogP contribution in [0.5, 0.6) is 0 Å². The highest BCUT2D eigenvalue weighted by molar-refractivity contribution is 5.95. The fourth-order valence-corrected chi connectivity index (χ4v) is 5.67. The number of benzene rings is 4. The van der Waals surface area contributed by atoms with Gasteiger partial charge >= 0.3 is 5.97 Å². The highest BCUT2D eigenvalue weighted by Gasteiger charge is 2.39. The van der Waals surface area contributed by atoms with Crippen LogP contribution in [-0.4, -0.2) is 32.9 Å². The molecule has 0 unspecified atom stereocenters. The zero-order chi connectivity index (χ0) is 29.8. The van der Waals surface area contributed by atoms with Crippen LogP contribution in [0.4, 0.5) is 5.95 Å². The third-order valence-corrected chi connectivity index (χ3v) is 7.60. The SMILES string of the molecule is CCOC(=O)c1cn(C)c2cc(C=Nc3nccn3C(c3ccccc3)(c3ccccc3)c3ccccc3)ccc2c1=O. The van der Waals surface area contributed by atoms with Gasteiger partial charge in [-0.15, -0.1) is 0 Å². The molecule has 0 N–H and O–H groups in total. The van der Waals surface area contributed by atoms with Gasteiger partial charge in [0.15, 0.2) is 0 Å². The number of fused-ring (bicyclic) bond motifs is 1. The number of pyridine rings is 1. The summed E-state index contributed by atoms with van der Waals surface area (Å²) in [6, 6.07) is 36.5. The molecule has 0 aliphatic rings. The average Bonchev–Trinajstić information content (AvgIpc) is 3.52. The van der Waals surface area contributed by atoms with Gasteiger partial charge in [-0.3, -0.25) is 9.36 Å². The maximum absolute atomic E-state index is 13.1. The van der Waals surface area contributed by atoms with Crippen molar-refractivity contribution >= 4 is 29.0 Å². The van der Waals surface area contributed by atoms with E-state index in [9.17, 15) is 9.59 Å². The van der Waals surface area contributed by atoms with E-state index in [-0.39, 0.29) is 17.6 Å². The van der Waals surface area contributed by atoms with Crippen LogP contribution >= 0.6 is 0 Å². The fraction of sp³-hybridized carbons (Fsp3) is 0.111.